The van der Waals surface area contributed by atoms with Crippen molar-refractivity contribution >= 4 is 30.3 Å². The molecular weight excluding hydrogens is 458 g/mol. The van der Waals surface area contributed by atoms with Gasteiger partial charge in [-0.2, -0.15) is 0 Å². The van der Waals surface area contributed by atoms with Gasteiger partial charge in [0.05, 0.1) is 0 Å². The molecule has 0 heterocycles. The molecule has 0 saturated heterocycles. The number of fused-ring (bicyclic) bond motifs is 1. The average molecular weight is 469 g/mol. The van der Waals surface area contributed by atoms with Crippen LogP contribution in [0.25, 0.3) is 14.4 Å². The molecule has 2 aromatic carbocycles. The Bertz CT molecular complexity index is 937. The average Bonchev–Trinajstić information content (AvgIpc) is 2.51. The number of alkyl halides is 4. The summed E-state index contributed by atoms with van der Waals surface area (Å²) in [5, 5.41) is 13.1. The van der Waals surface area contributed by atoms with E-state index in [0.717, 1.165) is 14.5 Å². The minimum absolute atomic E-state index is 0.172. The Labute approximate surface area is 147 Å². The van der Waals surface area contributed by atoms with E-state index in [1.165, 1.54) is 18.2 Å². The summed E-state index contributed by atoms with van der Waals surface area (Å²) in [5.41, 5.74) is -4.87. The summed E-state index contributed by atoms with van der Waals surface area (Å²) in [6.45, 7) is 3.97. The fourth-order valence-electron chi connectivity index (χ4n) is 1.87. The van der Waals surface area contributed by atoms with E-state index < -0.39 is 21.4 Å². The summed E-state index contributed by atoms with van der Waals surface area (Å²) >= 11 is -0.172. The fourth-order valence-corrected chi connectivity index (χ4v) is 3.26. The topological polar surface area (TPSA) is 69.6 Å². The summed E-state index contributed by atoms with van der Waals surface area (Å²) in [7, 11) is -5.85. The molecule has 0 aliphatic carbocycles. The van der Waals surface area contributed by atoms with Crippen LogP contribution in [0.3, 0.4) is 0 Å². The van der Waals surface area contributed by atoms with Crippen molar-refractivity contribution in [3.8, 4) is 0 Å². The second-order valence-electron chi connectivity index (χ2n) is 4.69. The molecule has 0 atom stereocenters. The SMILES string of the molecule is C=C([I-]C)c1ccc2cc(C([O-])=NS(=O)(=O)C(F)(F)F)ccc2c1. The van der Waals surface area contributed by atoms with Crippen molar-refractivity contribution in [1.29, 1.82) is 0 Å². The van der Waals surface area contributed by atoms with Crippen LogP contribution in [-0.4, -0.2) is 24.8 Å². The first-order valence-corrected chi connectivity index (χ1v) is 11.0. The molecular formula is C15H11F3INO3S-2. The third-order valence-electron chi connectivity index (χ3n) is 3.12. The monoisotopic (exact) mass is 469 g/mol. The third-order valence-corrected chi connectivity index (χ3v) is 6.04. The molecule has 0 bridgehead atoms. The van der Waals surface area contributed by atoms with E-state index in [4.69, 9.17) is 0 Å². The molecule has 2 rings (SSSR count). The number of halogens is 4. The molecule has 130 valence electrons. The van der Waals surface area contributed by atoms with Crippen molar-refractivity contribution in [2.24, 2.45) is 4.40 Å². The second-order valence-corrected chi connectivity index (χ2v) is 8.66. The van der Waals surface area contributed by atoms with E-state index in [0.29, 0.717) is 5.39 Å². The van der Waals surface area contributed by atoms with Gasteiger partial charge in [0.2, 0.25) is 0 Å². The second kappa shape index (κ2) is 6.71. The van der Waals surface area contributed by atoms with Crippen LogP contribution in [0.2, 0.25) is 0 Å². The van der Waals surface area contributed by atoms with Crippen LogP contribution in [0, 0.1) is 0 Å². The van der Waals surface area contributed by atoms with Gasteiger partial charge in [0.1, 0.15) is 0 Å². The molecule has 0 fully saturated rings. The first-order chi connectivity index (χ1) is 11.0. The first-order valence-electron chi connectivity index (χ1n) is 6.36. The van der Waals surface area contributed by atoms with Gasteiger partial charge in [0.15, 0.2) is 0 Å². The maximum atomic E-state index is 12.3. The van der Waals surface area contributed by atoms with Crippen LogP contribution in [-0.2, 0) is 10.0 Å². The van der Waals surface area contributed by atoms with Gasteiger partial charge in [0, 0.05) is 0 Å². The van der Waals surface area contributed by atoms with E-state index in [-0.39, 0.29) is 26.8 Å². The number of rotatable bonds is 4. The van der Waals surface area contributed by atoms with E-state index in [1.807, 2.05) is 6.07 Å². The molecule has 24 heavy (non-hydrogen) atoms. The number of benzene rings is 2. The molecule has 4 nitrogen and oxygen atoms in total. The number of sulfonamides is 1. The van der Waals surface area contributed by atoms with Crippen molar-refractivity contribution in [1.82, 2.24) is 0 Å². The Morgan fingerprint density at radius 3 is 2.12 bits per heavy atom. The normalized spacial score (nSPS) is 13.4. The molecule has 0 radical (unpaired) electrons. The number of hydrogen-bond acceptors (Lipinski definition) is 3. The zero-order valence-electron chi connectivity index (χ0n) is 12.3. The molecule has 0 aromatic heterocycles. The number of nitrogens with zero attached hydrogens (tertiary/aromatic N) is 1. The van der Waals surface area contributed by atoms with Gasteiger partial charge < -0.3 is 0 Å². The first kappa shape index (κ1) is 18.7. The van der Waals surface area contributed by atoms with Gasteiger partial charge in [-0.3, -0.25) is 0 Å². The molecule has 0 spiro atoms. The summed E-state index contributed by atoms with van der Waals surface area (Å²) in [6.07, 6.45) is 0. The van der Waals surface area contributed by atoms with Gasteiger partial charge >= 0.3 is 147 Å². The van der Waals surface area contributed by atoms with Crippen molar-refractivity contribution in [2.45, 2.75) is 5.51 Å². The van der Waals surface area contributed by atoms with Gasteiger partial charge in [-0.15, -0.1) is 0 Å². The Hall–Kier alpha value is -1.62. The van der Waals surface area contributed by atoms with Crippen LogP contribution < -0.4 is 26.3 Å². The van der Waals surface area contributed by atoms with Crippen LogP contribution in [0.15, 0.2) is 47.4 Å². The molecule has 0 unspecified atom stereocenters. The summed E-state index contributed by atoms with van der Waals surface area (Å²) in [4.78, 5) is 2.07. The third kappa shape index (κ3) is 3.89. The van der Waals surface area contributed by atoms with Crippen molar-refractivity contribution in [3.63, 3.8) is 0 Å². The Morgan fingerprint density at radius 1 is 1.12 bits per heavy atom. The fraction of sp³-hybridized carbons (Fsp3) is 0.133. The van der Waals surface area contributed by atoms with Crippen molar-refractivity contribution < 1.29 is 47.9 Å². The molecule has 0 saturated carbocycles. The van der Waals surface area contributed by atoms with Crippen LogP contribution in [0.1, 0.15) is 11.1 Å². The summed E-state index contributed by atoms with van der Waals surface area (Å²) < 4.78 is 62.0. The van der Waals surface area contributed by atoms with E-state index in [9.17, 15) is 26.7 Å². The Kier molecular flexibility index (Phi) is 5.23. The van der Waals surface area contributed by atoms with Gasteiger partial charge in [0.25, 0.3) is 0 Å². The van der Waals surface area contributed by atoms with E-state index in [2.05, 4.69) is 15.9 Å². The minimum atomic E-state index is -5.85. The molecule has 2 aromatic rings. The molecule has 0 aliphatic heterocycles. The molecule has 0 aliphatic rings. The van der Waals surface area contributed by atoms with Crippen molar-refractivity contribution in [2.75, 3.05) is 4.93 Å². The predicted octanol–water partition coefficient (Wildman–Crippen LogP) is -0.514. The van der Waals surface area contributed by atoms with E-state index in [1.54, 1.807) is 12.1 Å². The Morgan fingerprint density at radius 2 is 1.62 bits per heavy atom. The quantitative estimate of drug-likeness (QED) is 0.262. The Balaban J connectivity index is 2.46. The standard InChI is InChI=1S/C15H12F3INO3S/c1-9(19-2)10-3-4-12-8-13(6-5-11(12)7-10)14(21)20-24(22,23)15(16,17)18/h3-8H,1H2,2H3,(H,20,21)/q-1/p-1. The van der Waals surface area contributed by atoms with Crippen molar-refractivity contribution in [3.05, 3.63) is 54.1 Å². The van der Waals surface area contributed by atoms with E-state index >= 15 is 0 Å². The van der Waals surface area contributed by atoms with Crippen LogP contribution in [0.5, 0.6) is 0 Å². The predicted molar refractivity (Wildman–Crippen MR) is 80.4 cm³/mol. The maximum absolute atomic E-state index is 12.3. The van der Waals surface area contributed by atoms with Gasteiger partial charge in [-0.05, 0) is 0 Å². The zero-order valence-corrected chi connectivity index (χ0v) is 15.2. The van der Waals surface area contributed by atoms with Crippen LogP contribution >= 0.6 is 0 Å². The van der Waals surface area contributed by atoms with Gasteiger partial charge in [-0.25, -0.2) is 0 Å². The summed E-state index contributed by atoms with van der Waals surface area (Å²) in [5.74, 6) is -1.46. The number of hydrogen-bond donors (Lipinski definition) is 0. The molecule has 0 amide bonds. The van der Waals surface area contributed by atoms with Gasteiger partial charge in [-0.1, -0.05) is 0 Å². The molecule has 0 N–H and O–H groups in total. The molecule has 9 heteroatoms. The zero-order chi connectivity index (χ0) is 18.1. The summed E-state index contributed by atoms with van der Waals surface area (Å²) in [6, 6.07) is 9.44. The van der Waals surface area contributed by atoms with Crippen LogP contribution in [0.4, 0.5) is 13.2 Å².